The summed E-state index contributed by atoms with van der Waals surface area (Å²) in [6.07, 6.45) is 0.887. The third kappa shape index (κ3) is 5.84. The van der Waals surface area contributed by atoms with Crippen LogP contribution in [0, 0.1) is 0 Å². The Labute approximate surface area is 199 Å². The summed E-state index contributed by atoms with van der Waals surface area (Å²) in [6.45, 7) is 0.778. The largest absolute Gasteiger partial charge is 0.488 e. The molecule has 0 saturated carbocycles. The van der Waals surface area contributed by atoms with Gasteiger partial charge >= 0.3 is 7.12 Å². The van der Waals surface area contributed by atoms with Gasteiger partial charge in [0.1, 0.15) is 0 Å². The molecule has 1 aromatic heterocycles. The van der Waals surface area contributed by atoms with E-state index in [1.165, 1.54) is 5.56 Å². The molecule has 0 bridgehead atoms. The average molecular weight is 458 g/mol. The van der Waals surface area contributed by atoms with Crippen LogP contribution >= 0.6 is 11.8 Å². The van der Waals surface area contributed by atoms with Gasteiger partial charge in [-0.2, -0.15) is 0 Å². The summed E-state index contributed by atoms with van der Waals surface area (Å²) >= 11 is 1.63. The van der Waals surface area contributed by atoms with E-state index in [-0.39, 0.29) is 0 Å². The van der Waals surface area contributed by atoms with Gasteiger partial charge < -0.3 is 19.5 Å². The lowest BCUT2D eigenvalue weighted by Gasteiger charge is -2.14. The minimum Gasteiger partial charge on any atom is -0.423 e. The highest BCUT2D eigenvalue weighted by atomic mass is 32.2. The molecule has 6 nitrogen and oxygen atoms in total. The maximum absolute atomic E-state index is 9.30. The Morgan fingerprint density at radius 1 is 0.848 bits per heavy atom. The van der Waals surface area contributed by atoms with Crippen molar-refractivity contribution in [1.29, 1.82) is 0 Å². The van der Waals surface area contributed by atoms with Crippen LogP contribution in [0.4, 0.5) is 5.69 Å². The molecule has 0 fully saturated rings. The van der Waals surface area contributed by atoms with Crippen LogP contribution in [-0.4, -0.2) is 46.0 Å². The van der Waals surface area contributed by atoms with Crippen LogP contribution in [0.1, 0.15) is 11.1 Å². The Hall–Kier alpha value is -3.07. The van der Waals surface area contributed by atoms with Crippen LogP contribution in [0.15, 0.2) is 84.0 Å². The molecule has 3 aromatic carbocycles. The zero-order valence-corrected chi connectivity index (χ0v) is 19.6. The molecule has 2 N–H and O–H groups in total. The topological polar surface area (TPSA) is 74.4 Å². The quantitative estimate of drug-likeness (QED) is 0.296. The summed E-state index contributed by atoms with van der Waals surface area (Å²) < 4.78 is 2.19. The lowest BCUT2D eigenvalue weighted by molar-refractivity contribution is 0.426. The summed E-state index contributed by atoms with van der Waals surface area (Å²) in [4.78, 5) is 2.08. The number of benzene rings is 3. The highest BCUT2D eigenvalue weighted by molar-refractivity contribution is 7.98. The normalized spacial score (nSPS) is 10.9. The van der Waals surface area contributed by atoms with E-state index in [0.717, 1.165) is 40.8 Å². The first-order valence-corrected chi connectivity index (χ1v) is 11.8. The number of anilines is 1. The number of aromatic nitrogens is 3. The molecule has 33 heavy (non-hydrogen) atoms. The van der Waals surface area contributed by atoms with E-state index in [4.69, 9.17) is 0 Å². The van der Waals surface area contributed by atoms with Crippen LogP contribution in [-0.2, 0) is 18.7 Å². The Morgan fingerprint density at radius 2 is 1.55 bits per heavy atom. The van der Waals surface area contributed by atoms with Gasteiger partial charge in [-0.25, -0.2) is 0 Å². The van der Waals surface area contributed by atoms with Gasteiger partial charge in [0.2, 0.25) is 0 Å². The fourth-order valence-corrected chi connectivity index (χ4v) is 4.46. The van der Waals surface area contributed by atoms with Gasteiger partial charge in [0, 0.05) is 37.6 Å². The molecule has 0 aliphatic rings. The number of thioether (sulfide) groups is 1. The first kappa shape index (κ1) is 23.1. The molecule has 0 spiro atoms. The van der Waals surface area contributed by atoms with Crippen molar-refractivity contribution < 1.29 is 10.0 Å². The van der Waals surface area contributed by atoms with Gasteiger partial charge in [0.15, 0.2) is 11.0 Å². The van der Waals surface area contributed by atoms with Crippen molar-refractivity contribution in [3.8, 4) is 11.4 Å². The molecule has 0 unspecified atom stereocenters. The van der Waals surface area contributed by atoms with Gasteiger partial charge in [-0.1, -0.05) is 66.4 Å². The smallest absolute Gasteiger partial charge is 0.423 e. The molecule has 0 saturated heterocycles. The minimum atomic E-state index is -1.45. The molecule has 168 valence electrons. The summed E-state index contributed by atoms with van der Waals surface area (Å²) in [6, 6.07) is 26.1. The maximum atomic E-state index is 9.30. The molecule has 0 aliphatic carbocycles. The Balaban J connectivity index is 1.57. The van der Waals surface area contributed by atoms with Crippen molar-refractivity contribution in [2.24, 2.45) is 0 Å². The van der Waals surface area contributed by atoms with Crippen LogP contribution < -0.4 is 10.4 Å². The Bertz CT molecular complexity index is 1160. The van der Waals surface area contributed by atoms with E-state index in [0.29, 0.717) is 11.2 Å². The lowest BCUT2D eigenvalue weighted by Crippen LogP contribution is -2.29. The summed E-state index contributed by atoms with van der Waals surface area (Å²) in [7, 11) is 2.61. The molecule has 0 aliphatic heterocycles. The molecular weight excluding hydrogens is 431 g/mol. The fourth-order valence-electron chi connectivity index (χ4n) is 3.54. The second kappa shape index (κ2) is 10.7. The monoisotopic (exact) mass is 458 g/mol. The molecule has 4 rings (SSSR count). The predicted octanol–water partition coefficient (Wildman–Crippen LogP) is 3.23. The maximum Gasteiger partial charge on any atom is 0.488 e. The van der Waals surface area contributed by atoms with Crippen molar-refractivity contribution >= 4 is 30.0 Å². The van der Waals surface area contributed by atoms with Crippen molar-refractivity contribution in [3.63, 3.8) is 0 Å². The van der Waals surface area contributed by atoms with Gasteiger partial charge in [-0.05, 0) is 47.3 Å². The zero-order chi connectivity index (χ0) is 23.2. The standard InChI is InChI=1S/C25H27BN4O2S/c1-29(2)23-14-10-21(11-15-23)24-27-28-25(30(24)17-16-19-6-4-3-5-7-19)33-18-20-8-12-22(13-9-20)26(31)32/h3-15,31-32H,16-18H2,1-2H3. The van der Waals surface area contributed by atoms with E-state index in [1.807, 2.05) is 32.3 Å². The average Bonchev–Trinajstić information content (AvgIpc) is 3.25. The molecule has 0 radical (unpaired) electrons. The van der Waals surface area contributed by atoms with Gasteiger partial charge in [-0.3, -0.25) is 0 Å². The molecule has 0 atom stereocenters. The third-order valence-corrected chi connectivity index (χ3v) is 6.51. The second-order valence-corrected chi connectivity index (χ2v) is 8.98. The van der Waals surface area contributed by atoms with E-state index >= 15 is 0 Å². The highest BCUT2D eigenvalue weighted by Crippen LogP contribution is 2.28. The first-order chi connectivity index (χ1) is 16.0. The molecule has 4 aromatic rings. The summed E-state index contributed by atoms with van der Waals surface area (Å²) in [5, 5.41) is 28.5. The van der Waals surface area contributed by atoms with Crippen LogP contribution in [0.25, 0.3) is 11.4 Å². The number of aryl methyl sites for hydroxylation is 1. The van der Waals surface area contributed by atoms with E-state index in [2.05, 4.69) is 68.2 Å². The van der Waals surface area contributed by atoms with Crippen LogP contribution in [0.3, 0.4) is 0 Å². The predicted molar refractivity (Wildman–Crippen MR) is 136 cm³/mol. The minimum absolute atomic E-state index is 0.484. The Kier molecular flexibility index (Phi) is 7.49. The fraction of sp³-hybridized carbons (Fsp3) is 0.200. The summed E-state index contributed by atoms with van der Waals surface area (Å²) in [5.74, 6) is 1.57. The van der Waals surface area contributed by atoms with Crippen LogP contribution in [0.2, 0.25) is 0 Å². The molecular formula is C25H27BN4O2S. The van der Waals surface area contributed by atoms with E-state index in [1.54, 1.807) is 23.9 Å². The zero-order valence-electron chi connectivity index (χ0n) is 18.8. The first-order valence-electron chi connectivity index (χ1n) is 10.8. The summed E-state index contributed by atoms with van der Waals surface area (Å²) in [5.41, 5.74) is 5.01. The molecule has 8 heteroatoms. The molecule has 0 amide bonds. The van der Waals surface area contributed by atoms with Gasteiger partial charge in [-0.15, -0.1) is 10.2 Å². The van der Waals surface area contributed by atoms with Crippen LogP contribution in [0.5, 0.6) is 0 Å². The van der Waals surface area contributed by atoms with Crippen molar-refractivity contribution in [1.82, 2.24) is 14.8 Å². The lowest BCUT2D eigenvalue weighted by atomic mass is 9.80. The van der Waals surface area contributed by atoms with Gasteiger partial charge in [0.25, 0.3) is 0 Å². The van der Waals surface area contributed by atoms with Crippen molar-refractivity contribution in [2.45, 2.75) is 23.9 Å². The number of hydrogen-bond donors (Lipinski definition) is 2. The van der Waals surface area contributed by atoms with Crippen molar-refractivity contribution in [3.05, 3.63) is 90.0 Å². The number of rotatable bonds is 9. The SMILES string of the molecule is CN(C)c1ccc(-c2nnc(SCc3ccc(B(O)O)cc3)n2CCc2ccccc2)cc1. The van der Waals surface area contributed by atoms with Gasteiger partial charge in [0.05, 0.1) is 0 Å². The number of nitrogens with zero attached hydrogens (tertiary/aromatic N) is 4. The van der Waals surface area contributed by atoms with E-state index < -0.39 is 7.12 Å². The third-order valence-electron chi connectivity index (χ3n) is 5.47. The van der Waals surface area contributed by atoms with E-state index in [9.17, 15) is 10.0 Å². The highest BCUT2D eigenvalue weighted by Gasteiger charge is 2.16. The second-order valence-electron chi connectivity index (χ2n) is 8.04. The molecule has 1 heterocycles. The number of hydrogen-bond acceptors (Lipinski definition) is 6. The Morgan fingerprint density at radius 3 is 2.18 bits per heavy atom. The van der Waals surface area contributed by atoms with Crippen molar-refractivity contribution in [2.75, 3.05) is 19.0 Å².